The summed E-state index contributed by atoms with van der Waals surface area (Å²) >= 11 is 1.90. The highest BCUT2D eigenvalue weighted by molar-refractivity contribution is 8.01. The third kappa shape index (κ3) is 3.70. The van der Waals surface area contributed by atoms with E-state index in [0.29, 0.717) is 5.00 Å². The molecule has 1 amide bonds. The van der Waals surface area contributed by atoms with E-state index in [1.54, 1.807) is 0 Å². The summed E-state index contributed by atoms with van der Waals surface area (Å²) in [7, 11) is -1.34. The van der Waals surface area contributed by atoms with Gasteiger partial charge in [0.15, 0.2) is 0 Å². The molecule has 0 saturated carbocycles. The molecule has 5 heteroatoms. The van der Waals surface area contributed by atoms with Crippen molar-refractivity contribution in [2.45, 2.75) is 51.0 Å². The number of carbonyl (C=O) groups excluding carboxylic acids is 1. The van der Waals surface area contributed by atoms with Crippen LogP contribution in [0.3, 0.4) is 0 Å². The van der Waals surface area contributed by atoms with Gasteiger partial charge in [-0.15, -0.1) is 11.8 Å². The minimum atomic E-state index is -1.34. The predicted octanol–water partition coefficient (Wildman–Crippen LogP) is 3.17. The quantitative estimate of drug-likeness (QED) is 0.679. The lowest BCUT2D eigenvalue weighted by Gasteiger charge is -2.33. The Labute approximate surface area is 104 Å². The maximum atomic E-state index is 12.0. The minimum Gasteiger partial charge on any atom is -0.444 e. The Kier molecular flexibility index (Phi) is 4.00. The van der Waals surface area contributed by atoms with E-state index in [4.69, 9.17) is 4.74 Å². The zero-order chi connectivity index (χ0) is 12.6. The third-order valence-electron chi connectivity index (χ3n) is 2.26. The summed E-state index contributed by atoms with van der Waals surface area (Å²) in [6.45, 7) is 13.5. The number of nitrogens with zero attached hydrogens (tertiary/aromatic N) is 1. The first-order chi connectivity index (χ1) is 7.11. The van der Waals surface area contributed by atoms with Crippen LogP contribution in [0.5, 0.6) is 0 Å². The van der Waals surface area contributed by atoms with Crippen LogP contribution < -0.4 is 0 Å². The van der Waals surface area contributed by atoms with Crippen LogP contribution in [0.25, 0.3) is 0 Å². The first kappa shape index (κ1) is 13.9. The summed E-state index contributed by atoms with van der Waals surface area (Å²) in [6.07, 6.45) is -0.148. The number of rotatable bonds is 1. The lowest BCUT2D eigenvalue weighted by Crippen LogP contribution is -2.49. The normalized spacial score (nSPS) is 22.4. The minimum absolute atomic E-state index is 0.148. The molecule has 0 aromatic heterocycles. The predicted molar refractivity (Wildman–Crippen MR) is 72.5 cm³/mol. The number of hydrogen-bond donors (Lipinski definition) is 0. The molecule has 1 aliphatic rings. The van der Waals surface area contributed by atoms with E-state index in [0.717, 1.165) is 12.3 Å². The van der Waals surface area contributed by atoms with Gasteiger partial charge in [-0.05, 0) is 20.8 Å². The lowest BCUT2D eigenvalue weighted by molar-refractivity contribution is 0.0286. The van der Waals surface area contributed by atoms with E-state index >= 15 is 0 Å². The van der Waals surface area contributed by atoms with Gasteiger partial charge in [0.1, 0.15) is 5.60 Å². The van der Waals surface area contributed by atoms with Gasteiger partial charge in [-0.3, -0.25) is 4.90 Å². The van der Waals surface area contributed by atoms with Crippen molar-refractivity contribution in [2.75, 3.05) is 12.3 Å². The molecule has 16 heavy (non-hydrogen) atoms. The first-order valence-electron chi connectivity index (χ1n) is 5.72. The van der Waals surface area contributed by atoms with Gasteiger partial charge in [-0.25, -0.2) is 4.79 Å². The molecule has 0 radical (unpaired) electrons. The second kappa shape index (κ2) is 4.60. The van der Waals surface area contributed by atoms with Crippen LogP contribution in [0, 0.1) is 0 Å². The fourth-order valence-electron chi connectivity index (χ4n) is 1.70. The molecule has 1 saturated heterocycles. The Morgan fingerprint density at radius 3 is 2.38 bits per heavy atom. The Hall–Kier alpha value is -0.163. The Morgan fingerprint density at radius 1 is 1.38 bits per heavy atom. The van der Waals surface area contributed by atoms with Crippen LogP contribution in [-0.2, 0) is 4.74 Å². The maximum absolute atomic E-state index is 12.0. The maximum Gasteiger partial charge on any atom is 0.410 e. The molecular formula is C11H23NO2SSi. The van der Waals surface area contributed by atoms with Gasteiger partial charge in [0.25, 0.3) is 0 Å². The fraction of sp³-hybridized carbons (Fsp3) is 0.909. The second-order valence-corrected chi connectivity index (χ2v) is 13.1. The highest BCUT2D eigenvalue weighted by Crippen LogP contribution is 2.32. The van der Waals surface area contributed by atoms with E-state index in [2.05, 4.69) is 19.6 Å². The zero-order valence-electron chi connectivity index (χ0n) is 11.2. The van der Waals surface area contributed by atoms with Crippen molar-refractivity contribution in [1.29, 1.82) is 0 Å². The molecule has 0 N–H and O–H groups in total. The van der Waals surface area contributed by atoms with Crippen molar-refractivity contribution < 1.29 is 9.53 Å². The summed E-state index contributed by atoms with van der Waals surface area (Å²) in [6, 6.07) is 0. The fourth-order valence-corrected chi connectivity index (χ4v) is 6.11. The molecule has 1 aliphatic heterocycles. The van der Waals surface area contributed by atoms with Crippen molar-refractivity contribution in [3.05, 3.63) is 0 Å². The van der Waals surface area contributed by atoms with Crippen LogP contribution in [0.2, 0.25) is 19.6 Å². The monoisotopic (exact) mass is 261 g/mol. The smallest absolute Gasteiger partial charge is 0.410 e. The summed E-state index contributed by atoms with van der Waals surface area (Å²) in [5.74, 6) is 1.04. The van der Waals surface area contributed by atoms with Gasteiger partial charge >= 0.3 is 6.09 Å². The largest absolute Gasteiger partial charge is 0.444 e. The van der Waals surface area contributed by atoms with Crippen molar-refractivity contribution in [3.8, 4) is 0 Å². The molecule has 3 nitrogen and oxygen atoms in total. The van der Waals surface area contributed by atoms with Gasteiger partial charge in [-0.1, -0.05) is 19.6 Å². The van der Waals surface area contributed by atoms with Gasteiger partial charge < -0.3 is 4.74 Å². The van der Waals surface area contributed by atoms with Gasteiger partial charge in [0.05, 0.1) is 13.1 Å². The Balaban J connectivity index is 2.69. The van der Waals surface area contributed by atoms with E-state index in [1.807, 2.05) is 37.4 Å². The molecular weight excluding hydrogens is 238 g/mol. The molecule has 0 spiro atoms. The molecule has 1 heterocycles. The van der Waals surface area contributed by atoms with Crippen molar-refractivity contribution in [2.24, 2.45) is 0 Å². The molecule has 1 atom stereocenters. The number of thioether (sulfide) groups is 1. The number of ether oxygens (including phenoxy) is 1. The van der Waals surface area contributed by atoms with Crippen LogP contribution in [0.4, 0.5) is 4.79 Å². The topological polar surface area (TPSA) is 29.5 Å². The SMILES string of the molecule is CC(C)(C)OC(=O)N1CCSC1[Si](C)(C)C. The molecule has 0 aromatic rings. The zero-order valence-corrected chi connectivity index (χ0v) is 13.0. The number of amides is 1. The summed E-state index contributed by atoms with van der Waals surface area (Å²) in [5, 5.41) is 0. The average molecular weight is 261 g/mol. The van der Waals surface area contributed by atoms with Crippen LogP contribution in [0.1, 0.15) is 20.8 Å². The summed E-state index contributed by atoms with van der Waals surface area (Å²) in [4.78, 5) is 14.3. The van der Waals surface area contributed by atoms with Gasteiger partial charge in [0, 0.05) is 12.3 Å². The van der Waals surface area contributed by atoms with Gasteiger partial charge in [-0.2, -0.15) is 0 Å². The summed E-state index contributed by atoms with van der Waals surface area (Å²) < 4.78 is 5.44. The number of hydrogen-bond acceptors (Lipinski definition) is 3. The van der Waals surface area contributed by atoms with Crippen LogP contribution in [-0.4, -0.2) is 42.0 Å². The highest BCUT2D eigenvalue weighted by Gasteiger charge is 2.40. The molecule has 0 aromatic carbocycles. The average Bonchev–Trinajstić information content (AvgIpc) is 2.45. The van der Waals surface area contributed by atoms with E-state index in [1.165, 1.54) is 0 Å². The van der Waals surface area contributed by atoms with Crippen molar-refractivity contribution in [3.63, 3.8) is 0 Å². The summed E-state index contributed by atoms with van der Waals surface area (Å²) in [5.41, 5.74) is -0.395. The lowest BCUT2D eigenvalue weighted by atomic mass is 10.2. The van der Waals surface area contributed by atoms with Gasteiger partial charge in [0.2, 0.25) is 0 Å². The standard InChI is InChI=1S/C11H23NO2SSi/c1-11(2,3)14-9(13)12-7-8-15-10(12)16(4,5)6/h10H,7-8H2,1-6H3. The van der Waals surface area contributed by atoms with Crippen LogP contribution >= 0.6 is 11.8 Å². The molecule has 0 aliphatic carbocycles. The first-order valence-corrected chi connectivity index (χ1v) is 10.3. The van der Waals surface area contributed by atoms with Crippen LogP contribution in [0.15, 0.2) is 0 Å². The Bertz CT molecular complexity index is 270. The Morgan fingerprint density at radius 2 is 1.94 bits per heavy atom. The van der Waals surface area contributed by atoms with E-state index in [-0.39, 0.29) is 6.09 Å². The molecule has 1 fully saturated rings. The van der Waals surface area contributed by atoms with Crippen molar-refractivity contribution >= 4 is 25.9 Å². The van der Waals surface area contributed by atoms with Crippen molar-refractivity contribution in [1.82, 2.24) is 4.90 Å². The third-order valence-corrected chi connectivity index (χ3v) is 7.66. The molecule has 1 unspecified atom stereocenters. The van der Waals surface area contributed by atoms with E-state index in [9.17, 15) is 4.79 Å². The molecule has 0 bridgehead atoms. The second-order valence-electron chi connectivity index (χ2n) is 6.26. The van der Waals surface area contributed by atoms with E-state index < -0.39 is 13.7 Å². The molecule has 1 rings (SSSR count). The highest BCUT2D eigenvalue weighted by atomic mass is 32.2. The number of carbonyl (C=O) groups is 1. The molecule has 94 valence electrons.